The van der Waals surface area contributed by atoms with Crippen molar-refractivity contribution in [1.29, 1.82) is 0 Å². The van der Waals surface area contributed by atoms with E-state index in [0.717, 1.165) is 6.42 Å². The number of rotatable bonds is 4. The van der Waals surface area contributed by atoms with Gasteiger partial charge in [-0.05, 0) is 37.5 Å². The van der Waals surface area contributed by atoms with Gasteiger partial charge in [-0.1, -0.05) is 25.7 Å². The van der Waals surface area contributed by atoms with Gasteiger partial charge in [-0.2, -0.15) is 0 Å². The third-order valence-electron chi connectivity index (χ3n) is 2.75. The summed E-state index contributed by atoms with van der Waals surface area (Å²) in [6.07, 6.45) is 0.847. The number of nitrogens with two attached hydrogens (primary N) is 1. The number of halogens is 1. The first-order valence-corrected chi connectivity index (χ1v) is 6.73. The van der Waals surface area contributed by atoms with Crippen LogP contribution in [0.5, 0.6) is 0 Å². The van der Waals surface area contributed by atoms with E-state index in [9.17, 15) is 9.18 Å². The van der Waals surface area contributed by atoms with E-state index < -0.39 is 11.7 Å². The predicted molar refractivity (Wildman–Crippen MR) is 78.7 cm³/mol. The highest BCUT2D eigenvalue weighted by Gasteiger charge is 2.15. The van der Waals surface area contributed by atoms with Crippen LogP contribution in [0.15, 0.2) is 18.2 Å². The molecular formula is C16H21FN2O. The van der Waals surface area contributed by atoms with Crippen molar-refractivity contribution in [3.63, 3.8) is 0 Å². The van der Waals surface area contributed by atoms with Gasteiger partial charge in [0.25, 0.3) is 5.91 Å². The van der Waals surface area contributed by atoms with Crippen LogP contribution >= 0.6 is 0 Å². The molecule has 1 atom stereocenters. The third kappa shape index (κ3) is 5.02. The Hall–Kier alpha value is -1.86. The van der Waals surface area contributed by atoms with Gasteiger partial charge in [-0.3, -0.25) is 4.79 Å². The molecule has 1 amide bonds. The fourth-order valence-corrected chi connectivity index (χ4v) is 2.00. The van der Waals surface area contributed by atoms with Crippen molar-refractivity contribution >= 4 is 5.91 Å². The zero-order valence-electron chi connectivity index (χ0n) is 12.2. The smallest absolute Gasteiger partial charge is 0.254 e. The van der Waals surface area contributed by atoms with Crippen molar-refractivity contribution in [3.8, 4) is 11.8 Å². The molecule has 1 unspecified atom stereocenters. The lowest BCUT2D eigenvalue weighted by molar-refractivity contribution is 0.0932. The highest BCUT2D eigenvalue weighted by Crippen LogP contribution is 2.11. The fourth-order valence-electron chi connectivity index (χ4n) is 2.00. The molecule has 108 valence electrons. The van der Waals surface area contributed by atoms with E-state index in [1.54, 1.807) is 0 Å². The molecule has 3 nitrogen and oxygen atoms in total. The van der Waals surface area contributed by atoms with Crippen LogP contribution < -0.4 is 11.1 Å². The van der Waals surface area contributed by atoms with Crippen molar-refractivity contribution in [2.24, 2.45) is 11.7 Å². The van der Waals surface area contributed by atoms with Gasteiger partial charge in [0.15, 0.2) is 0 Å². The van der Waals surface area contributed by atoms with Gasteiger partial charge in [-0.15, -0.1) is 0 Å². The molecule has 1 aromatic rings. The zero-order valence-corrected chi connectivity index (χ0v) is 12.2. The summed E-state index contributed by atoms with van der Waals surface area (Å²) in [7, 11) is 0. The molecule has 0 spiro atoms. The SMILES string of the molecule is CC(C)CC(C)NC(=O)c1cc(C#CCN)ccc1F. The quantitative estimate of drug-likeness (QED) is 0.829. The van der Waals surface area contributed by atoms with Crippen LogP contribution in [0.2, 0.25) is 0 Å². The van der Waals surface area contributed by atoms with Crippen LogP contribution in [0.25, 0.3) is 0 Å². The molecule has 0 radical (unpaired) electrons. The Morgan fingerprint density at radius 3 is 2.70 bits per heavy atom. The molecule has 0 aliphatic rings. The lowest BCUT2D eigenvalue weighted by Gasteiger charge is -2.16. The Bertz CT molecular complexity index is 529. The molecule has 0 aliphatic heterocycles. The van der Waals surface area contributed by atoms with E-state index in [-0.39, 0.29) is 18.2 Å². The van der Waals surface area contributed by atoms with Gasteiger partial charge in [-0.25, -0.2) is 4.39 Å². The van der Waals surface area contributed by atoms with E-state index >= 15 is 0 Å². The molecule has 20 heavy (non-hydrogen) atoms. The summed E-state index contributed by atoms with van der Waals surface area (Å²) in [4.78, 5) is 12.1. The average Bonchev–Trinajstić information content (AvgIpc) is 2.36. The fraction of sp³-hybridized carbons (Fsp3) is 0.438. The predicted octanol–water partition coefficient (Wildman–Crippen LogP) is 2.30. The van der Waals surface area contributed by atoms with Crippen molar-refractivity contribution < 1.29 is 9.18 Å². The van der Waals surface area contributed by atoms with Gasteiger partial charge in [0.2, 0.25) is 0 Å². The molecule has 0 fully saturated rings. The lowest BCUT2D eigenvalue weighted by Crippen LogP contribution is -2.34. The Morgan fingerprint density at radius 2 is 2.10 bits per heavy atom. The number of carbonyl (C=O) groups excluding carboxylic acids is 1. The van der Waals surface area contributed by atoms with Crippen molar-refractivity contribution in [2.75, 3.05) is 6.54 Å². The summed E-state index contributed by atoms with van der Waals surface area (Å²) < 4.78 is 13.7. The monoisotopic (exact) mass is 276 g/mol. The Morgan fingerprint density at radius 1 is 1.40 bits per heavy atom. The maximum Gasteiger partial charge on any atom is 0.254 e. The van der Waals surface area contributed by atoms with Gasteiger partial charge in [0, 0.05) is 11.6 Å². The summed E-state index contributed by atoms with van der Waals surface area (Å²) >= 11 is 0. The van der Waals surface area contributed by atoms with Gasteiger partial charge in [0.1, 0.15) is 5.82 Å². The maximum absolute atomic E-state index is 13.7. The zero-order chi connectivity index (χ0) is 15.1. The van der Waals surface area contributed by atoms with Gasteiger partial charge < -0.3 is 11.1 Å². The average molecular weight is 276 g/mol. The number of nitrogens with one attached hydrogen (secondary N) is 1. The standard InChI is InChI=1S/C16H21FN2O/c1-11(2)9-12(3)19-16(20)14-10-13(5-4-8-18)6-7-15(14)17/h6-7,10-12H,8-9,18H2,1-3H3,(H,19,20). The van der Waals surface area contributed by atoms with Crippen LogP contribution in [0, 0.1) is 23.6 Å². The van der Waals surface area contributed by atoms with E-state index in [1.807, 2.05) is 6.92 Å². The molecule has 0 saturated heterocycles. The summed E-state index contributed by atoms with van der Waals surface area (Å²) in [5.41, 5.74) is 5.89. The molecule has 0 heterocycles. The van der Waals surface area contributed by atoms with Crippen LogP contribution in [-0.4, -0.2) is 18.5 Å². The molecule has 1 aromatic carbocycles. The van der Waals surface area contributed by atoms with Crippen molar-refractivity contribution in [2.45, 2.75) is 33.2 Å². The number of benzene rings is 1. The van der Waals surface area contributed by atoms with E-state index in [4.69, 9.17) is 5.73 Å². The first-order chi connectivity index (χ1) is 9.43. The molecule has 4 heteroatoms. The van der Waals surface area contributed by atoms with Crippen LogP contribution in [0.4, 0.5) is 4.39 Å². The van der Waals surface area contributed by atoms with E-state index in [0.29, 0.717) is 11.5 Å². The Labute approximate surface area is 119 Å². The Kier molecular flexibility index (Phi) is 6.20. The minimum Gasteiger partial charge on any atom is -0.349 e. The highest BCUT2D eigenvalue weighted by atomic mass is 19.1. The number of carbonyl (C=O) groups is 1. The van der Waals surface area contributed by atoms with Crippen LogP contribution in [-0.2, 0) is 0 Å². The lowest BCUT2D eigenvalue weighted by atomic mass is 10.0. The summed E-state index contributed by atoms with van der Waals surface area (Å²) in [5, 5.41) is 2.80. The molecule has 0 aromatic heterocycles. The van der Waals surface area contributed by atoms with Gasteiger partial charge in [0.05, 0.1) is 12.1 Å². The summed E-state index contributed by atoms with van der Waals surface area (Å²) in [6.45, 7) is 6.29. The molecule has 0 bridgehead atoms. The van der Waals surface area contributed by atoms with Gasteiger partial charge >= 0.3 is 0 Å². The molecule has 3 N–H and O–H groups in total. The van der Waals surface area contributed by atoms with Crippen LogP contribution in [0.3, 0.4) is 0 Å². The maximum atomic E-state index is 13.7. The topological polar surface area (TPSA) is 55.1 Å². The summed E-state index contributed by atoms with van der Waals surface area (Å²) in [5.74, 6) is 4.99. The largest absolute Gasteiger partial charge is 0.349 e. The second-order valence-corrected chi connectivity index (χ2v) is 5.20. The minimum absolute atomic E-state index is 0.000632. The minimum atomic E-state index is -0.544. The highest BCUT2D eigenvalue weighted by molar-refractivity contribution is 5.95. The first-order valence-electron chi connectivity index (χ1n) is 6.73. The normalized spacial score (nSPS) is 11.7. The van der Waals surface area contributed by atoms with E-state index in [1.165, 1.54) is 18.2 Å². The first kappa shape index (κ1) is 16.2. The third-order valence-corrected chi connectivity index (χ3v) is 2.75. The van der Waals surface area contributed by atoms with Crippen molar-refractivity contribution in [3.05, 3.63) is 35.1 Å². The molecule has 1 rings (SSSR count). The van der Waals surface area contributed by atoms with Crippen LogP contribution in [0.1, 0.15) is 43.1 Å². The molecular weight excluding hydrogens is 255 g/mol. The van der Waals surface area contributed by atoms with E-state index in [2.05, 4.69) is 31.0 Å². The molecule has 0 saturated carbocycles. The second-order valence-electron chi connectivity index (χ2n) is 5.20. The second kappa shape index (κ2) is 7.66. The van der Waals surface area contributed by atoms with Crippen molar-refractivity contribution in [1.82, 2.24) is 5.32 Å². The molecule has 0 aliphatic carbocycles. The number of hydrogen-bond donors (Lipinski definition) is 2. The Balaban J connectivity index is 2.86. The summed E-state index contributed by atoms with van der Waals surface area (Å²) in [6, 6.07) is 4.24. The number of amides is 1. The number of hydrogen-bond acceptors (Lipinski definition) is 2.